The second kappa shape index (κ2) is 11.2. The summed E-state index contributed by atoms with van der Waals surface area (Å²) in [5, 5.41) is 20.0. The summed E-state index contributed by atoms with van der Waals surface area (Å²) in [6.45, 7) is 8.70. The molecule has 1 saturated heterocycles. The van der Waals surface area contributed by atoms with Crippen molar-refractivity contribution >= 4 is 17.5 Å². The Kier molecular flexibility index (Phi) is 7.71. The van der Waals surface area contributed by atoms with Gasteiger partial charge in [0.15, 0.2) is 0 Å². The first-order valence-electron chi connectivity index (χ1n) is 15.9. The number of phenols is 1. The van der Waals surface area contributed by atoms with Crippen molar-refractivity contribution in [3.63, 3.8) is 0 Å². The van der Waals surface area contributed by atoms with Gasteiger partial charge in [-0.2, -0.15) is 0 Å². The molecule has 2 aliphatic heterocycles. The van der Waals surface area contributed by atoms with Crippen LogP contribution in [-0.2, 0) is 19.1 Å². The van der Waals surface area contributed by atoms with Gasteiger partial charge in [-0.05, 0) is 110 Å². The van der Waals surface area contributed by atoms with Gasteiger partial charge in [-0.15, -0.1) is 0 Å². The zero-order valence-electron chi connectivity index (χ0n) is 25.3. The third-order valence-electron chi connectivity index (χ3n) is 10.5. The molecule has 6 unspecified atom stereocenters. The van der Waals surface area contributed by atoms with Gasteiger partial charge >= 0.3 is 11.9 Å². The summed E-state index contributed by atoms with van der Waals surface area (Å²) in [6.07, 6.45) is 11.2. The van der Waals surface area contributed by atoms with E-state index in [1.54, 1.807) is 12.1 Å². The smallest absolute Gasteiger partial charge is 0.340 e. The van der Waals surface area contributed by atoms with E-state index in [1.165, 1.54) is 0 Å². The van der Waals surface area contributed by atoms with Crippen LogP contribution in [0.25, 0.3) is 5.57 Å². The maximum absolute atomic E-state index is 14.0. The number of hydrogen-bond acceptors (Lipinski definition) is 6. The van der Waals surface area contributed by atoms with Gasteiger partial charge in [0.2, 0.25) is 0 Å². The Morgan fingerprint density at radius 1 is 1.07 bits per heavy atom. The Balaban J connectivity index is 1.55. The fraction of sp³-hybridized carbons (Fsp3) is 0.556. The minimum atomic E-state index is -0.726. The van der Waals surface area contributed by atoms with Crippen LogP contribution in [0.15, 0.2) is 64.7 Å². The van der Waals surface area contributed by atoms with E-state index in [1.807, 2.05) is 25.1 Å². The Bertz CT molecular complexity index is 1410. The molecule has 1 aromatic rings. The Morgan fingerprint density at radius 3 is 2.60 bits per heavy atom. The first-order valence-corrected chi connectivity index (χ1v) is 15.9. The number of cyclic esters (lactones) is 2. The minimum Gasteiger partial charge on any atom is -0.508 e. The molecule has 2 bridgehead atoms. The molecule has 6 aliphatic rings. The summed E-state index contributed by atoms with van der Waals surface area (Å²) in [5.74, 6) is 1.91. The summed E-state index contributed by atoms with van der Waals surface area (Å²) in [4.78, 5) is 27.7. The maximum Gasteiger partial charge on any atom is 0.340 e. The number of aromatic hydroxyl groups is 1. The van der Waals surface area contributed by atoms with Crippen LogP contribution >= 0.6 is 0 Å². The molecule has 2 fully saturated rings. The van der Waals surface area contributed by atoms with Crippen molar-refractivity contribution in [1.29, 1.82) is 0 Å². The van der Waals surface area contributed by atoms with Gasteiger partial charge in [-0.25, -0.2) is 9.59 Å². The molecule has 7 rings (SSSR count). The van der Waals surface area contributed by atoms with Crippen molar-refractivity contribution in [2.45, 2.75) is 79.1 Å². The van der Waals surface area contributed by atoms with Crippen molar-refractivity contribution in [2.24, 2.45) is 40.9 Å². The standard InChI is InChI=1S/C36H44O6/c1-5-22(11-9-20(2)3)17-29-36-16-15-25(30(33(36)35(40)42-29)23-7-6-8-24(38)18-23)26-12-13-27-28(14-10-21(4)19-37)41-34(39)31(27)32(26)36/h6-8,14,17-18,20-22,25-26,32,37-38H,5,9-13,15-16,19H2,1-4H3. The summed E-state index contributed by atoms with van der Waals surface area (Å²) in [5.41, 5.74) is 3.52. The van der Waals surface area contributed by atoms with Gasteiger partial charge in [0.1, 0.15) is 17.3 Å². The molecular weight excluding hydrogens is 528 g/mol. The normalized spacial score (nSPS) is 31.4. The number of fused-ring (bicyclic) bond motifs is 1. The maximum atomic E-state index is 14.0. The third-order valence-corrected chi connectivity index (χ3v) is 10.5. The Morgan fingerprint density at radius 2 is 1.88 bits per heavy atom. The van der Waals surface area contributed by atoms with E-state index < -0.39 is 5.41 Å². The summed E-state index contributed by atoms with van der Waals surface area (Å²) >= 11 is 0. The lowest BCUT2D eigenvalue weighted by Crippen LogP contribution is -2.52. The highest BCUT2D eigenvalue weighted by Crippen LogP contribution is 2.71. The molecule has 42 heavy (non-hydrogen) atoms. The van der Waals surface area contributed by atoms with E-state index in [4.69, 9.17) is 9.47 Å². The number of ether oxygens (including phenoxy) is 2. The number of carbonyl (C=O) groups is 2. The van der Waals surface area contributed by atoms with Crippen LogP contribution in [0.5, 0.6) is 5.75 Å². The second-order valence-corrected chi connectivity index (χ2v) is 13.6. The number of carbonyl (C=O) groups excluding carboxylic acids is 2. The van der Waals surface area contributed by atoms with E-state index in [-0.39, 0.29) is 53.9 Å². The van der Waals surface area contributed by atoms with Gasteiger partial charge in [0.25, 0.3) is 0 Å². The topological polar surface area (TPSA) is 93.1 Å². The van der Waals surface area contributed by atoms with E-state index >= 15 is 0 Å². The van der Waals surface area contributed by atoms with Crippen LogP contribution in [0, 0.1) is 40.9 Å². The summed E-state index contributed by atoms with van der Waals surface area (Å²) in [6, 6.07) is 7.24. The number of esters is 2. The van der Waals surface area contributed by atoms with E-state index in [2.05, 4.69) is 26.8 Å². The molecule has 6 nitrogen and oxygen atoms in total. The first kappa shape index (κ1) is 29.0. The lowest BCUT2D eigenvalue weighted by molar-refractivity contribution is -0.135. The molecule has 1 saturated carbocycles. The lowest BCUT2D eigenvalue weighted by Gasteiger charge is -2.56. The molecular formula is C36H44O6. The third kappa shape index (κ3) is 4.57. The quantitative estimate of drug-likeness (QED) is 0.303. The van der Waals surface area contributed by atoms with Crippen LogP contribution in [-0.4, -0.2) is 28.8 Å². The monoisotopic (exact) mass is 572 g/mol. The zero-order chi connectivity index (χ0) is 29.8. The highest BCUT2D eigenvalue weighted by atomic mass is 16.5. The zero-order valence-corrected chi connectivity index (χ0v) is 25.3. The number of rotatable bonds is 9. The molecule has 1 spiro atoms. The van der Waals surface area contributed by atoms with Gasteiger partial charge in [0.05, 0.1) is 11.0 Å². The van der Waals surface area contributed by atoms with Crippen molar-refractivity contribution in [2.75, 3.05) is 6.61 Å². The van der Waals surface area contributed by atoms with Crippen LogP contribution < -0.4 is 0 Å². The number of hydrogen-bond donors (Lipinski definition) is 2. The summed E-state index contributed by atoms with van der Waals surface area (Å²) < 4.78 is 12.2. The molecule has 6 atom stereocenters. The second-order valence-electron chi connectivity index (χ2n) is 13.6. The molecule has 2 heterocycles. The van der Waals surface area contributed by atoms with Crippen LogP contribution in [0.4, 0.5) is 0 Å². The molecule has 4 aliphatic carbocycles. The Hall–Kier alpha value is -3.12. The fourth-order valence-corrected chi connectivity index (χ4v) is 8.46. The van der Waals surface area contributed by atoms with Crippen molar-refractivity contribution < 1.29 is 29.3 Å². The van der Waals surface area contributed by atoms with Crippen molar-refractivity contribution in [3.8, 4) is 5.75 Å². The van der Waals surface area contributed by atoms with Gasteiger partial charge in [-0.1, -0.05) is 46.2 Å². The summed E-state index contributed by atoms with van der Waals surface area (Å²) in [7, 11) is 0. The highest BCUT2D eigenvalue weighted by Gasteiger charge is 2.68. The van der Waals surface area contributed by atoms with E-state index in [0.717, 1.165) is 73.0 Å². The van der Waals surface area contributed by atoms with Gasteiger partial charge in [0, 0.05) is 23.7 Å². The molecule has 1 aromatic carbocycles. The lowest BCUT2D eigenvalue weighted by atomic mass is 9.44. The van der Waals surface area contributed by atoms with E-state index in [9.17, 15) is 19.8 Å². The molecule has 0 amide bonds. The van der Waals surface area contributed by atoms with Gasteiger partial charge < -0.3 is 19.7 Å². The predicted molar refractivity (Wildman–Crippen MR) is 160 cm³/mol. The number of benzene rings is 1. The average molecular weight is 573 g/mol. The SMILES string of the molecule is CCC(C=C1OC(=O)C2=C(c3cccc(O)c3)C3CCC12C1C2=C(CCC31)C(=CCC(C)CO)OC2=O)CCC(C)C. The van der Waals surface area contributed by atoms with Crippen LogP contribution in [0.2, 0.25) is 0 Å². The average Bonchev–Trinajstić information content (AvgIpc) is 3.46. The number of allylic oxidation sites excluding steroid dienone is 5. The predicted octanol–water partition coefficient (Wildman–Crippen LogP) is 7.24. The number of aliphatic hydroxyl groups is 1. The van der Waals surface area contributed by atoms with Crippen molar-refractivity contribution in [3.05, 3.63) is 70.2 Å². The van der Waals surface area contributed by atoms with Gasteiger partial charge in [-0.3, -0.25) is 0 Å². The van der Waals surface area contributed by atoms with Crippen LogP contribution in [0.3, 0.4) is 0 Å². The fourth-order valence-electron chi connectivity index (χ4n) is 8.46. The first-order chi connectivity index (χ1) is 20.2. The van der Waals surface area contributed by atoms with Crippen LogP contribution in [0.1, 0.15) is 84.6 Å². The molecule has 0 radical (unpaired) electrons. The number of phenolic OH excluding ortho intramolecular Hbond substituents is 1. The largest absolute Gasteiger partial charge is 0.508 e. The molecule has 224 valence electrons. The Labute approximate surface area is 249 Å². The molecule has 6 heteroatoms. The molecule has 0 aromatic heterocycles. The molecule has 2 N–H and O–H groups in total. The highest BCUT2D eigenvalue weighted by molar-refractivity contribution is 6.06. The van der Waals surface area contributed by atoms with E-state index in [0.29, 0.717) is 23.7 Å². The minimum absolute atomic E-state index is 0.0769. The van der Waals surface area contributed by atoms with Crippen molar-refractivity contribution in [1.82, 2.24) is 0 Å². The number of aliphatic hydroxyl groups excluding tert-OH is 1.